The molecule has 0 saturated carbocycles. The molecule has 0 spiro atoms. The van der Waals surface area contributed by atoms with Gasteiger partial charge in [-0.1, -0.05) is 19.9 Å². The van der Waals surface area contributed by atoms with Crippen molar-refractivity contribution in [2.75, 3.05) is 18.4 Å². The Hall–Kier alpha value is -1.53. The van der Waals surface area contributed by atoms with E-state index < -0.39 is 0 Å². The zero-order valence-electron chi connectivity index (χ0n) is 10.5. The summed E-state index contributed by atoms with van der Waals surface area (Å²) in [6.45, 7) is 6.62. The van der Waals surface area contributed by atoms with Gasteiger partial charge in [0.05, 0.1) is 11.6 Å². The van der Waals surface area contributed by atoms with Crippen molar-refractivity contribution in [3.05, 3.63) is 29.8 Å². The average molecular weight is 229 g/mol. The van der Waals surface area contributed by atoms with Gasteiger partial charge < -0.3 is 10.6 Å². The summed E-state index contributed by atoms with van der Waals surface area (Å²) in [5.74, 6) is 0. The third kappa shape index (κ3) is 2.78. The minimum absolute atomic E-state index is 0.237. The summed E-state index contributed by atoms with van der Waals surface area (Å²) in [5, 5.41) is 15.9. The molecular formula is C14H19N3. The van der Waals surface area contributed by atoms with E-state index in [1.165, 1.54) is 0 Å². The Kier molecular flexibility index (Phi) is 3.35. The molecule has 0 aromatic heterocycles. The molecule has 1 aliphatic heterocycles. The van der Waals surface area contributed by atoms with E-state index in [0.717, 1.165) is 25.2 Å². The zero-order valence-corrected chi connectivity index (χ0v) is 10.5. The van der Waals surface area contributed by atoms with E-state index in [2.05, 4.69) is 30.6 Å². The highest BCUT2D eigenvalue weighted by Crippen LogP contribution is 2.28. The summed E-state index contributed by atoms with van der Waals surface area (Å²) < 4.78 is 0. The smallest absolute Gasteiger partial charge is 0.0992 e. The Bertz CT molecular complexity index is 431. The summed E-state index contributed by atoms with van der Waals surface area (Å²) >= 11 is 0. The van der Waals surface area contributed by atoms with Crippen molar-refractivity contribution in [2.24, 2.45) is 5.41 Å². The van der Waals surface area contributed by atoms with Crippen molar-refractivity contribution in [2.45, 2.75) is 26.3 Å². The van der Waals surface area contributed by atoms with Crippen molar-refractivity contribution < 1.29 is 0 Å². The molecule has 1 aliphatic rings. The quantitative estimate of drug-likeness (QED) is 0.818. The number of hydrogen-bond acceptors (Lipinski definition) is 3. The van der Waals surface area contributed by atoms with E-state index in [4.69, 9.17) is 5.26 Å². The Morgan fingerprint density at radius 3 is 3.00 bits per heavy atom. The molecule has 1 heterocycles. The van der Waals surface area contributed by atoms with Gasteiger partial charge in [-0.15, -0.1) is 0 Å². The Morgan fingerprint density at radius 2 is 2.29 bits per heavy atom. The lowest BCUT2D eigenvalue weighted by atomic mass is 9.80. The highest BCUT2D eigenvalue weighted by atomic mass is 15.0. The summed E-state index contributed by atoms with van der Waals surface area (Å²) in [6.07, 6.45) is 1.11. The second kappa shape index (κ2) is 4.77. The first-order chi connectivity index (χ1) is 8.12. The second-order valence-electron chi connectivity index (χ2n) is 5.34. The van der Waals surface area contributed by atoms with Crippen LogP contribution in [0.5, 0.6) is 0 Å². The molecule has 1 aromatic carbocycles. The third-order valence-corrected chi connectivity index (χ3v) is 3.47. The molecule has 0 aliphatic carbocycles. The third-order valence-electron chi connectivity index (χ3n) is 3.47. The molecular weight excluding hydrogens is 210 g/mol. The fraction of sp³-hybridized carbons (Fsp3) is 0.500. The lowest BCUT2D eigenvalue weighted by molar-refractivity contribution is 0.236. The van der Waals surface area contributed by atoms with Crippen LogP contribution in [0.25, 0.3) is 0 Å². The molecule has 1 aromatic rings. The largest absolute Gasteiger partial charge is 0.382 e. The van der Waals surface area contributed by atoms with Crippen LogP contribution in [0.1, 0.15) is 25.8 Å². The first-order valence-corrected chi connectivity index (χ1v) is 6.09. The van der Waals surface area contributed by atoms with Gasteiger partial charge in [0.2, 0.25) is 0 Å². The van der Waals surface area contributed by atoms with Crippen LogP contribution in [-0.2, 0) is 0 Å². The van der Waals surface area contributed by atoms with E-state index >= 15 is 0 Å². The fourth-order valence-electron chi connectivity index (χ4n) is 2.32. The predicted molar refractivity (Wildman–Crippen MR) is 69.8 cm³/mol. The SMILES string of the molecule is CC1(C)CNCCC1Nc1cccc(C#N)c1. The van der Waals surface area contributed by atoms with Crippen molar-refractivity contribution >= 4 is 5.69 Å². The predicted octanol–water partition coefficient (Wildman–Crippen LogP) is 2.36. The van der Waals surface area contributed by atoms with Crippen molar-refractivity contribution in [3.8, 4) is 6.07 Å². The first-order valence-electron chi connectivity index (χ1n) is 6.09. The lowest BCUT2D eigenvalue weighted by Crippen LogP contribution is -2.49. The number of piperidine rings is 1. The highest BCUT2D eigenvalue weighted by Gasteiger charge is 2.31. The standard InChI is InChI=1S/C14H19N3/c1-14(2)10-16-7-6-13(14)17-12-5-3-4-11(8-12)9-15/h3-5,8,13,16-17H,6-7,10H2,1-2H3. The molecule has 2 rings (SSSR count). The van der Waals surface area contributed by atoms with Crippen LogP contribution < -0.4 is 10.6 Å². The Labute approximate surface area is 103 Å². The van der Waals surface area contributed by atoms with Crippen molar-refractivity contribution in [1.29, 1.82) is 5.26 Å². The van der Waals surface area contributed by atoms with Gasteiger partial charge in [-0.05, 0) is 36.6 Å². The van der Waals surface area contributed by atoms with Crippen LogP contribution in [0.15, 0.2) is 24.3 Å². The normalized spacial score (nSPS) is 22.8. The van der Waals surface area contributed by atoms with E-state index in [1.807, 2.05) is 24.3 Å². The molecule has 0 bridgehead atoms. The zero-order chi connectivity index (χ0) is 12.3. The van der Waals surface area contributed by atoms with Crippen LogP contribution >= 0.6 is 0 Å². The van der Waals surface area contributed by atoms with Gasteiger partial charge in [0.15, 0.2) is 0 Å². The molecule has 17 heavy (non-hydrogen) atoms. The maximum absolute atomic E-state index is 8.88. The molecule has 3 heteroatoms. The minimum atomic E-state index is 0.237. The Morgan fingerprint density at radius 1 is 1.47 bits per heavy atom. The van der Waals surface area contributed by atoms with Gasteiger partial charge in [0.1, 0.15) is 0 Å². The summed E-state index contributed by atoms with van der Waals surface area (Å²) in [7, 11) is 0. The molecule has 0 amide bonds. The van der Waals surface area contributed by atoms with Gasteiger partial charge >= 0.3 is 0 Å². The topological polar surface area (TPSA) is 47.8 Å². The lowest BCUT2D eigenvalue weighted by Gasteiger charge is -2.40. The number of benzene rings is 1. The summed E-state index contributed by atoms with van der Waals surface area (Å²) in [5.41, 5.74) is 1.99. The number of nitriles is 1. The maximum Gasteiger partial charge on any atom is 0.0992 e. The Balaban J connectivity index is 2.12. The second-order valence-corrected chi connectivity index (χ2v) is 5.34. The summed E-state index contributed by atoms with van der Waals surface area (Å²) in [6, 6.07) is 10.3. The van der Waals surface area contributed by atoms with Crippen LogP contribution in [0, 0.1) is 16.7 Å². The molecule has 1 fully saturated rings. The molecule has 90 valence electrons. The van der Waals surface area contributed by atoms with Gasteiger partial charge in [-0.25, -0.2) is 0 Å². The minimum Gasteiger partial charge on any atom is -0.382 e. The highest BCUT2D eigenvalue weighted by molar-refractivity contribution is 5.50. The number of anilines is 1. The van der Waals surface area contributed by atoms with Crippen LogP contribution in [-0.4, -0.2) is 19.1 Å². The summed E-state index contributed by atoms with van der Waals surface area (Å²) in [4.78, 5) is 0. The maximum atomic E-state index is 8.88. The van der Waals surface area contributed by atoms with Gasteiger partial charge in [0.25, 0.3) is 0 Å². The van der Waals surface area contributed by atoms with Crippen LogP contribution in [0.2, 0.25) is 0 Å². The molecule has 1 unspecified atom stereocenters. The van der Waals surface area contributed by atoms with Crippen molar-refractivity contribution in [1.82, 2.24) is 5.32 Å². The number of hydrogen-bond donors (Lipinski definition) is 2. The average Bonchev–Trinajstić information content (AvgIpc) is 2.32. The number of rotatable bonds is 2. The van der Waals surface area contributed by atoms with Crippen LogP contribution in [0.3, 0.4) is 0 Å². The molecule has 0 radical (unpaired) electrons. The number of nitrogens with one attached hydrogen (secondary N) is 2. The van der Waals surface area contributed by atoms with Gasteiger partial charge in [-0.3, -0.25) is 0 Å². The van der Waals surface area contributed by atoms with E-state index in [0.29, 0.717) is 11.6 Å². The number of nitrogens with zero attached hydrogens (tertiary/aromatic N) is 1. The molecule has 3 nitrogen and oxygen atoms in total. The fourth-order valence-corrected chi connectivity index (χ4v) is 2.32. The van der Waals surface area contributed by atoms with E-state index in [1.54, 1.807) is 0 Å². The molecule has 1 atom stereocenters. The van der Waals surface area contributed by atoms with E-state index in [9.17, 15) is 0 Å². The first kappa shape index (κ1) is 11.9. The monoisotopic (exact) mass is 229 g/mol. The van der Waals surface area contributed by atoms with Gasteiger partial charge in [-0.2, -0.15) is 5.26 Å². The van der Waals surface area contributed by atoms with Crippen LogP contribution in [0.4, 0.5) is 5.69 Å². The molecule has 1 saturated heterocycles. The van der Waals surface area contributed by atoms with Gasteiger partial charge in [0, 0.05) is 18.3 Å². The van der Waals surface area contributed by atoms with Crippen molar-refractivity contribution in [3.63, 3.8) is 0 Å². The van der Waals surface area contributed by atoms with E-state index in [-0.39, 0.29) is 5.41 Å². The molecule has 2 N–H and O–H groups in total.